The van der Waals surface area contributed by atoms with E-state index >= 15 is 0 Å². The van der Waals surface area contributed by atoms with E-state index < -0.39 is 0 Å². The summed E-state index contributed by atoms with van der Waals surface area (Å²) in [4.78, 5) is 6.31. The van der Waals surface area contributed by atoms with Crippen LogP contribution in [0, 0.1) is 0 Å². The van der Waals surface area contributed by atoms with Gasteiger partial charge in [0.2, 0.25) is 0 Å². The van der Waals surface area contributed by atoms with Crippen molar-refractivity contribution in [2.24, 2.45) is 0 Å². The molecule has 0 aromatic carbocycles. The molecule has 0 saturated heterocycles. The molecule has 0 saturated carbocycles. The molecule has 0 N–H and O–H groups in total. The molecule has 1 heterocycles. The Labute approximate surface area is 124 Å². The monoisotopic (exact) mass is 306 g/mol. The second-order valence-corrected chi connectivity index (χ2v) is 5.16. The number of aromatic nitrogens is 1. The van der Waals surface area contributed by atoms with Crippen LogP contribution in [-0.2, 0) is 16.0 Å². The second kappa shape index (κ2) is 8.72. The van der Waals surface area contributed by atoms with Crippen LogP contribution in [0.25, 0.3) is 0 Å². The predicted octanol–water partition coefficient (Wildman–Crippen LogP) is 2.87. The van der Waals surface area contributed by atoms with Crippen molar-refractivity contribution in [1.29, 1.82) is 0 Å². The summed E-state index contributed by atoms with van der Waals surface area (Å²) in [6.45, 7) is 4.92. The minimum Gasteiger partial charge on any atom is -0.383 e. The number of hydrogen-bond acceptors (Lipinski definition) is 4. The van der Waals surface area contributed by atoms with Gasteiger partial charge >= 0.3 is 0 Å². The minimum atomic E-state index is 0.270. The van der Waals surface area contributed by atoms with Crippen molar-refractivity contribution >= 4 is 23.2 Å². The first-order chi connectivity index (χ1) is 9.08. The van der Waals surface area contributed by atoms with Crippen molar-refractivity contribution in [3.63, 3.8) is 0 Å². The Morgan fingerprint density at radius 2 is 2.05 bits per heavy atom. The lowest BCUT2D eigenvalue weighted by Gasteiger charge is -2.28. The van der Waals surface area contributed by atoms with Gasteiger partial charge in [0.1, 0.15) is 5.15 Å². The highest BCUT2D eigenvalue weighted by atomic mass is 35.5. The van der Waals surface area contributed by atoms with Gasteiger partial charge in [-0.15, -0.1) is 0 Å². The third-order valence-corrected chi connectivity index (χ3v) is 3.44. The summed E-state index contributed by atoms with van der Waals surface area (Å²) < 4.78 is 10.3. The maximum Gasteiger partial charge on any atom is 0.130 e. The van der Waals surface area contributed by atoms with Gasteiger partial charge in [-0.05, 0) is 13.0 Å². The first-order valence-electron chi connectivity index (χ1n) is 6.10. The van der Waals surface area contributed by atoms with Crippen LogP contribution in [-0.4, -0.2) is 49.9 Å². The second-order valence-electron chi connectivity index (χ2n) is 4.37. The van der Waals surface area contributed by atoms with Crippen LogP contribution in [0.5, 0.6) is 0 Å². The van der Waals surface area contributed by atoms with E-state index in [9.17, 15) is 0 Å². The van der Waals surface area contributed by atoms with E-state index in [1.54, 1.807) is 26.5 Å². The predicted molar refractivity (Wildman–Crippen MR) is 77.9 cm³/mol. The number of hydrogen-bond donors (Lipinski definition) is 0. The fourth-order valence-electron chi connectivity index (χ4n) is 1.78. The molecule has 6 heteroatoms. The molecule has 1 atom stereocenters. The summed E-state index contributed by atoms with van der Waals surface area (Å²) in [7, 11) is 3.39. The maximum absolute atomic E-state index is 6.18. The van der Waals surface area contributed by atoms with Gasteiger partial charge in [-0.3, -0.25) is 4.90 Å². The summed E-state index contributed by atoms with van der Waals surface area (Å²) >= 11 is 12.0. The zero-order valence-electron chi connectivity index (χ0n) is 11.5. The van der Waals surface area contributed by atoms with Gasteiger partial charge in [0, 0.05) is 50.1 Å². The van der Waals surface area contributed by atoms with Gasteiger partial charge in [-0.1, -0.05) is 23.2 Å². The topological polar surface area (TPSA) is 34.6 Å². The average molecular weight is 307 g/mol. The van der Waals surface area contributed by atoms with Crippen molar-refractivity contribution in [3.8, 4) is 0 Å². The molecule has 4 nitrogen and oxygen atoms in total. The SMILES string of the molecule is COCCN(Cc1cnc(Cl)cc1Cl)C(C)COC. The Morgan fingerprint density at radius 1 is 1.32 bits per heavy atom. The van der Waals surface area contributed by atoms with Gasteiger partial charge in [0.15, 0.2) is 0 Å². The normalized spacial score (nSPS) is 12.9. The molecule has 0 aliphatic heterocycles. The fraction of sp³-hybridized carbons (Fsp3) is 0.615. The first-order valence-corrected chi connectivity index (χ1v) is 6.86. The van der Waals surface area contributed by atoms with Crippen LogP contribution < -0.4 is 0 Å². The maximum atomic E-state index is 6.18. The average Bonchev–Trinajstić information content (AvgIpc) is 2.37. The highest BCUT2D eigenvalue weighted by Gasteiger charge is 2.15. The van der Waals surface area contributed by atoms with Crippen molar-refractivity contribution in [3.05, 3.63) is 28.0 Å². The molecule has 0 amide bonds. The number of methoxy groups -OCH3 is 2. The highest BCUT2D eigenvalue weighted by molar-refractivity contribution is 6.34. The van der Waals surface area contributed by atoms with Crippen molar-refractivity contribution in [2.75, 3.05) is 34.0 Å². The molecule has 0 spiro atoms. The van der Waals surface area contributed by atoms with E-state index in [0.29, 0.717) is 29.9 Å². The fourth-order valence-corrected chi connectivity index (χ4v) is 2.21. The Balaban J connectivity index is 2.74. The molecule has 1 aromatic heterocycles. The number of rotatable bonds is 8. The number of halogens is 2. The van der Waals surface area contributed by atoms with Gasteiger partial charge in [0.25, 0.3) is 0 Å². The molecule has 0 aliphatic carbocycles. The van der Waals surface area contributed by atoms with Crippen molar-refractivity contribution < 1.29 is 9.47 Å². The molecule has 19 heavy (non-hydrogen) atoms. The Kier molecular flexibility index (Phi) is 7.64. The molecule has 0 bridgehead atoms. The van der Waals surface area contributed by atoms with Crippen molar-refractivity contribution in [2.45, 2.75) is 19.5 Å². The summed E-state index contributed by atoms with van der Waals surface area (Å²) in [6.07, 6.45) is 1.71. The Hall–Kier alpha value is -0.390. The van der Waals surface area contributed by atoms with Gasteiger partial charge in [-0.25, -0.2) is 4.98 Å². The lowest BCUT2D eigenvalue weighted by atomic mass is 10.2. The Bertz CT molecular complexity index is 391. The van der Waals surface area contributed by atoms with E-state index in [0.717, 1.165) is 12.1 Å². The number of pyridine rings is 1. The first kappa shape index (κ1) is 16.7. The third-order valence-electron chi connectivity index (χ3n) is 2.88. The number of nitrogens with zero attached hydrogens (tertiary/aromatic N) is 2. The van der Waals surface area contributed by atoms with Crippen LogP contribution in [0.4, 0.5) is 0 Å². The van der Waals surface area contributed by atoms with E-state index in [4.69, 9.17) is 32.7 Å². The van der Waals surface area contributed by atoms with E-state index in [1.165, 1.54) is 0 Å². The Morgan fingerprint density at radius 3 is 2.63 bits per heavy atom. The molecule has 1 rings (SSSR count). The summed E-state index contributed by atoms with van der Waals surface area (Å²) in [5.41, 5.74) is 0.949. The zero-order chi connectivity index (χ0) is 14.3. The standard InChI is InChI=1S/C13H20Cl2N2O2/c1-10(9-19-3)17(4-5-18-2)8-11-7-16-13(15)6-12(11)14/h6-7,10H,4-5,8-9H2,1-3H3. The van der Waals surface area contributed by atoms with E-state index in [-0.39, 0.29) is 6.04 Å². The van der Waals surface area contributed by atoms with E-state index in [2.05, 4.69) is 16.8 Å². The largest absolute Gasteiger partial charge is 0.383 e. The summed E-state index contributed by atoms with van der Waals surface area (Å²) in [5, 5.41) is 1.04. The summed E-state index contributed by atoms with van der Waals surface area (Å²) in [6, 6.07) is 1.93. The van der Waals surface area contributed by atoms with Gasteiger partial charge in [-0.2, -0.15) is 0 Å². The smallest absolute Gasteiger partial charge is 0.130 e. The van der Waals surface area contributed by atoms with Crippen LogP contribution in [0.15, 0.2) is 12.3 Å². The number of ether oxygens (including phenoxy) is 2. The zero-order valence-corrected chi connectivity index (χ0v) is 13.0. The molecule has 1 aromatic rings. The minimum absolute atomic E-state index is 0.270. The molecule has 0 radical (unpaired) electrons. The van der Waals surface area contributed by atoms with Crippen LogP contribution >= 0.6 is 23.2 Å². The molecule has 1 unspecified atom stereocenters. The molecule has 0 aliphatic rings. The van der Waals surface area contributed by atoms with Crippen LogP contribution in [0.1, 0.15) is 12.5 Å². The van der Waals surface area contributed by atoms with Crippen LogP contribution in [0.2, 0.25) is 10.2 Å². The summed E-state index contributed by atoms with van der Waals surface area (Å²) in [5.74, 6) is 0. The van der Waals surface area contributed by atoms with Crippen LogP contribution in [0.3, 0.4) is 0 Å². The third kappa shape index (κ3) is 5.63. The molecule has 108 valence electrons. The molecular formula is C13H20Cl2N2O2. The van der Waals surface area contributed by atoms with Crippen molar-refractivity contribution in [1.82, 2.24) is 9.88 Å². The van der Waals surface area contributed by atoms with E-state index in [1.807, 2.05) is 0 Å². The lowest BCUT2D eigenvalue weighted by Crippen LogP contribution is -2.38. The molecular weight excluding hydrogens is 287 g/mol. The lowest BCUT2D eigenvalue weighted by molar-refractivity contribution is 0.0705. The molecule has 0 fully saturated rings. The van der Waals surface area contributed by atoms with Gasteiger partial charge in [0.05, 0.1) is 13.2 Å². The quantitative estimate of drug-likeness (QED) is 0.692. The van der Waals surface area contributed by atoms with Gasteiger partial charge < -0.3 is 9.47 Å². The highest BCUT2D eigenvalue weighted by Crippen LogP contribution is 2.20.